The second-order valence-electron chi connectivity index (χ2n) is 9.35. The first-order valence-electron chi connectivity index (χ1n) is 12.8. The minimum absolute atomic E-state index is 0.554. The fourth-order valence-corrected chi connectivity index (χ4v) is 5.65. The van der Waals surface area contributed by atoms with Crippen LogP contribution in [0.3, 0.4) is 0 Å². The molecule has 0 unspecified atom stereocenters. The Hall–Kier alpha value is -3.41. The lowest BCUT2D eigenvalue weighted by molar-refractivity contribution is 0.0322. The molecule has 2 fully saturated rings. The molecule has 10 nitrogen and oxygen atoms in total. The largest absolute Gasteiger partial charge is 0.491 e. The summed E-state index contributed by atoms with van der Waals surface area (Å²) in [5, 5.41) is 17.3. The number of anilines is 4. The number of hydrogen-bond donors (Lipinski definition) is 2. The molecule has 0 spiro atoms. The number of ether oxygens (including phenoxy) is 2. The van der Waals surface area contributed by atoms with Crippen LogP contribution in [0.2, 0.25) is 0 Å². The Bertz CT molecular complexity index is 1340. The number of nitrogens with one attached hydrogen (secondary N) is 2. The summed E-state index contributed by atoms with van der Waals surface area (Å²) in [5.41, 5.74) is 3.25. The first kappa shape index (κ1) is 24.0. The van der Waals surface area contributed by atoms with Crippen LogP contribution in [-0.4, -0.2) is 69.5 Å². The lowest BCUT2D eigenvalue weighted by Gasteiger charge is -2.26. The van der Waals surface area contributed by atoms with Crippen molar-refractivity contribution >= 4 is 44.7 Å². The zero-order valence-corrected chi connectivity index (χ0v) is 21.4. The third-order valence-electron chi connectivity index (χ3n) is 6.70. The molecule has 4 aromatic heterocycles. The molecule has 0 bridgehead atoms. The highest BCUT2D eigenvalue weighted by molar-refractivity contribution is 7.15. The average Bonchev–Trinajstić information content (AvgIpc) is 3.62. The van der Waals surface area contributed by atoms with Crippen LogP contribution in [0, 0.1) is 0 Å². The molecule has 5 heterocycles. The molecule has 6 rings (SSSR count). The SMILES string of the molecule is c1ncc(OCCN2CCOCC2)cc1Nc1cnc2ccc(Nc3nnc(C4CCCC4)s3)nc2c1. The first-order valence-corrected chi connectivity index (χ1v) is 13.6. The van der Waals surface area contributed by atoms with Crippen LogP contribution >= 0.6 is 11.3 Å². The summed E-state index contributed by atoms with van der Waals surface area (Å²) in [6.45, 7) is 4.96. The van der Waals surface area contributed by atoms with Gasteiger partial charge in [-0.2, -0.15) is 0 Å². The summed E-state index contributed by atoms with van der Waals surface area (Å²) < 4.78 is 11.3. The standard InChI is InChI=1S/C26H30N8O2S/c1-2-4-18(3-1)25-32-33-26(37-25)31-24-6-5-22-23(30-24)14-20(16-28-22)29-19-13-21(17-27-15-19)36-12-9-34-7-10-35-11-8-34/h5-6,13-18,29H,1-4,7-12H2,(H,30,31,33). The summed E-state index contributed by atoms with van der Waals surface area (Å²) in [4.78, 5) is 16.0. The number of nitrogens with zero attached hydrogens (tertiary/aromatic N) is 6. The van der Waals surface area contributed by atoms with E-state index in [2.05, 4.69) is 35.7 Å². The van der Waals surface area contributed by atoms with Gasteiger partial charge in [0.1, 0.15) is 23.2 Å². The van der Waals surface area contributed by atoms with Crippen LogP contribution in [0.1, 0.15) is 36.6 Å². The van der Waals surface area contributed by atoms with Gasteiger partial charge in [0.2, 0.25) is 5.13 Å². The van der Waals surface area contributed by atoms with E-state index in [0.29, 0.717) is 12.5 Å². The molecular weight excluding hydrogens is 488 g/mol. The van der Waals surface area contributed by atoms with Crippen molar-refractivity contribution in [2.75, 3.05) is 50.1 Å². The molecule has 1 aliphatic carbocycles. The van der Waals surface area contributed by atoms with Gasteiger partial charge in [0, 0.05) is 31.6 Å². The van der Waals surface area contributed by atoms with Crippen molar-refractivity contribution in [2.45, 2.75) is 31.6 Å². The fourth-order valence-electron chi connectivity index (χ4n) is 4.73. The van der Waals surface area contributed by atoms with E-state index in [9.17, 15) is 0 Å². The van der Waals surface area contributed by atoms with Gasteiger partial charge in [-0.15, -0.1) is 10.2 Å². The molecule has 1 saturated heterocycles. The monoisotopic (exact) mass is 518 g/mol. The van der Waals surface area contributed by atoms with Crippen molar-refractivity contribution in [3.8, 4) is 5.75 Å². The van der Waals surface area contributed by atoms with E-state index in [1.54, 1.807) is 29.9 Å². The molecule has 0 amide bonds. The maximum Gasteiger partial charge on any atom is 0.211 e. The van der Waals surface area contributed by atoms with Crippen LogP contribution in [0.25, 0.3) is 11.0 Å². The normalized spacial score (nSPS) is 16.8. The molecule has 4 aromatic rings. The number of rotatable bonds is 9. The number of pyridine rings is 3. The van der Waals surface area contributed by atoms with E-state index in [4.69, 9.17) is 14.5 Å². The Labute approximate surface area is 219 Å². The summed E-state index contributed by atoms with van der Waals surface area (Å²) >= 11 is 1.62. The molecule has 0 radical (unpaired) electrons. The highest BCUT2D eigenvalue weighted by Gasteiger charge is 2.21. The summed E-state index contributed by atoms with van der Waals surface area (Å²) in [7, 11) is 0. The fraction of sp³-hybridized carbons (Fsp3) is 0.423. The number of fused-ring (bicyclic) bond motifs is 1. The molecule has 1 aliphatic heterocycles. The van der Waals surface area contributed by atoms with Gasteiger partial charge in [-0.25, -0.2) is 4.98 Å². The second-order valence-corrected chi connectivity index (χ2v) is 10.4. The lowest BCUT2D eigenvalue weighted by atomic mass is 10.1. The van der Waals surface area contributed by atoms with Gasteiger partial charge in [-0.1, -0.05) is 24.2 Å². The van der Waals surface area contributed by atoms with E-state index >= 15 is 0 Å². The number of morpholine rings is 1. The summed E-state index contributed by atoms with van der Waals surface area (Å²) in [6.07, 6.45) is 10.3. The van der Waals surface area contributed by atoms with E-state index in [-0.39, 0.29) is 0 Å². The quantitative estimate of drug-likeness (QED) is 0.323. The molecule has 37 heavy (non-hydrogen) atoms. The maximum absolute atomic E-state index is 5.93. The second kappa shape index (κ2) is 11.3. The van der Waals surface area contributed by atoms with Gasteiger partial charge in [0.05, 0.1) is 54.2 Å². The van der Waals surface area contributed by atoms with E-state index in [1.807, 2.05) is 24.3 Å². The van der Waals surface area contributed by atoms with Crippen LogP contribution in [-0.2, 0) is 4.74 Å². The zero-order valence-electron chi connectivity index (χ0n) is 20.6. The molecule has 2 N–H and O–H groups in total. The van der Waals surface area contributed by atoms with Gasteiger partial charge in [-0.3, -0.25) is 14.9 Å². The summed E-state index contributed by atoms with van der Waals surface area (Å²) in [6, 6.07) is 7.79. The topological polar surface area (TPSA) is 110 Å². The van der Waals surface area contributed by atoms with Crippen LogP contribution in [0.15, 0.2) is 42.9 Å². The predicted molar refractivity (Wildman–Crippen MR) is 144 cm³/mol. The van der Waals surface area contributed by atoms with Gasteiger partial charge in [-0.05, 0) is 31.0 Å². The van der Waals surface area contributed by atoms with E-state index in [0.717, 1.165) is 77.0 Å². The Balaban J connectivity index is 1.09. The molecule has 11 heteroatoms. The van der Waals surface area contributed by atoms with Crippen LogP contribution in [0.5, 0.6) is 5.75 Å². The van der Waals surface area contributed by atoms with Gasteiger partial charge in [0.15, 0.2) is 0 Å². The zero-order chi connectivity index (χ0) is 24.9. The molecule has 0 aromatic carbocycles. The first-order chi connectivity index (χ1) is 18.3. The average molecular weight is 519 g/mol. The van der Waals surface area contributed by atoms with E-state index in [1.165, 1.54) is 25.7 Å². The number of aromatic nitrogens is 5. The molecule has 0 atom stereocenters. The van der Waals surface area contributed by atoms with Crippen molar-refractivity contribution in [1.29, 1.82) is 0 Å². The van der Waals surface area contributed by atoms with Crippen molar-refractivity contribution in [3.63, 3.8) is 0 Å². The Morgan fingerprint density at radius 1 is 0.973 bits per heavy atom. The highest BCUT2D eigenvalue weighted by Crippen LogP contribution is 2.37. The lowest BCUT2D eigenvalue weighted by Crippen LogP contribution is -2.38. The maximum atomic E-state index is 5.93. The molecule has 2 aliphatic rings. The molecular formula is C26H30N8O2S. The van der Waals surface area contributed by atoms with Crippen LogP contribution < -0.4 is 15.4 Å². The molecule has 1 saturated carbocycles. The predicted octanol–water partition coefficient (Wildman–Crippen LogP) is 4.73. The summed E-state index contributed by atoms with van der Waals surface area (Å²) in [5.74, 6) is 2.00. The number of hydrogen-bond acceptors (Lipinski definition) is 11. The Morgan fingerprint density at radius 3 is 2.73 bits per heavy atom. The van der Waals surface area contributed by atoms with Gasteiger partial charge >= 0.3 is 0 Å². The van der Waals surface area contributed by atoms with Crippen molar-refractivity contribution in [2.24, 2.45) is 0 Å². The Kier molecular flexibility index (Phi) is 7.33. The smallest absolute Gasteiger partial charge is 0.211 e. The van der Waals surface area contributed by atoms with Crippen molar-refractivity contribution in [3.05, 3.63) is 47.9 Å². The third kappa shape index (κ3) is 6.12. The molecule has 192 valence electrons. The van der Waals surface area contributed by atoms with Crippen LogP contribution in [0.4, 0.5) is 22.3 Å². The van der Waals surface area contributed by atoms with Crippen molar-refractivity contribution in [1.82, 2.24) is 30.0 Å². The van der Waals surface area contributed by atoms with Crippen molar-refractivity contribution < 1.29 is 9.47 Å². The Morgan fingerprint density at radius 2 is 1.84 bits per heavy atom. The minimum atomic E-state index is 0.554. The van der Waals surface area contributed by atoms with E-state index < -0.39 is 0 Å². The minimum Gasteiger partial charge on any atom is -0.491 e. The van der Waals surface area contributed by atoms with Gasteiger partial charge < -0.3 is 20.1 Å². The third-order valence-corrected chi connectivity index (χ3v) is 7.70. The highest BCUT2D eigenvalue weighted by atomic mass is 32.1. The van der Waals surface area contributed by atoms with Gasteiger partial charge in [0.25, 0.3) is 0 Å².